The lowest BCUT2D eigenvalue weighted by Crippen LogP contribution is -2.23. The van der Waals surface area contributed by atoms with Gasteiger partial charge in [-0.3, -0.25) is 14.9 Å². The maximum absolute atomic E-state index is 12.8. The fourth-order valence-electron chi connectivity index (χ4n) is 2.74. The summed E-state index contributed by atoms with van der Waals surface area (Å²) in [5, 5.41) is 19.2. The Morgan fingerprint density at radius 1 is 1.15 bits per heavy atom. The number of nitrogens with zero attached hydrogens (tertiary/aromatic N) is 4. The second-order valence-electron chi connectivity index (χ2n) is 5.72. The second-order valence-corrected chi connectivity index (χ2v) is 6.73. The predicted octanol–water partition coefficient (Wildman–Crippen LogP) is 2.58. The molecule has 7 nitrogen and oxygen atoms in total. The predicted molar refractivity (Wildman–Crippen MR) is 99.2 cm³/mol. The molecule has 128 valence electrons. The van der Waals surface area contributed by atoms with Gasteiger partial charge in [-0.2, -0.15) is 0 Å². The summed E-state index contributed by atoms with van der Waals surface area (Å²) in [6.07, 6.45) is 1.64. The first kappa shape index (κ1) is 16.1. The van der Waals surface area contributed by atoms with Gasteiger partial charge in [-0.25, -0.2) is 4.40 Å². The van der Waals surface area contributed by atoms with E-state index in [-0.39, 0.29) is 11.2 Å². The molecule has 0 fully saturated rings. The molecule has 0 aliphatic heterocycles. The van der Waals surface area contributed by atoms with Gasteiger partial charge in [0.15, 0.2) is 5.82 Å². The first-order chi connectivity index (χ1) is 12.5. The van der Waals surface area contributed by atoms with Crippen LogP contribution in [-0.2, 0) is 0 Å². The molecule has 0 radical (unpaired) electrons. The molecule has 0 saturated heterocycles. The molecule has 8 heteroatoms. The third-order valence-corrected chi connectivity index (χ3v) is 4.97. The Kier molecular flexibility index (Phi) is 3.81. The van der Waals surface area contributed by atoms with Crippen molar-refractivity contribution in [2.45, 2.75) is 6.92 Å². The fourth-order valence-corrected chi connectivity index (χ4v) is 3.65. The van der Waals surface area contributed by atoms with Crippen LogP contribution in [0.4, 0.5) is 5.69 Å². The largest absolute Gasteiger partial charge is 0.276 e. The molecule has 0 atom stereocenters. The minimum Gasteiger partial charge on any atom is -0.267 e. The highest BCUT2D eigenvalue weighted by atomic mass is 32.1. The number of fused-ring (bicyclic) bond motifs is 1. The van der Waals surface area contributed by atoms with E-state index < -0.39 is 4.92 Å². The molecule has 0 saturated carbocycles. The van der Waals surface area contributed by atoms with Crippen LogP contribution in [0.15, 0.2) is 53.3 Å². The zero-order valence-corrected chi connectivity index (χ0v) is 14.4. The van der Waals surface area contributed by atoms with Gasteiger partial charge in [0.1, 0.15) is 0 Å². The van der Waals surface area contributed by atoms with Crippen molar-refractivity contribution < 1.29 is 4.92 Å². The highest BCUT2D eigenvalue weighted by Gasteiger charge is 2.15. The molecular weight excluding hydrogens is 352 g/mol. The monoisotopic (exact) mass is 364 g/mol. The normalized spacial score (nSPS) is 12.0. The minimum atomic E-state index is -0.461. The molecule has 4 aromatic rings. The van der Waals surface area contributed by atoms with E-state index in [0.29, 0.717) is 20.9 Å². The number of benzene rings is 2. The summed E-state index contributed by atoms with van der Waals surface area (Å²) in [6.45, 7) is 1.95. The van der Waals surface area contributed by atoms with Crippen molar-refractivity contribution >= 4 is 28.1 Å². The molecule has 0 N–H and O–H groups in total. The van der Waals surface area contributed by atoms with Gasteiger partial charge in [-0.1, -0.05) is 47.7 Å². The summed E-state index contributed by atoms with van der Waals surface area (Å²) < 4.78 is 1.93. The van der Waals surface area contributed by atoms with Crippen LogP contribution in [0.5, 0.6) is 0 Å². The van der Waals surface area contributed by atoms with E-state index in [9.17, 15) is 14.9 Å². The van der Waals surface area contributed by atoms with Crippen LogP contribution in [0.1, 0.15) is 11.1 Å². The van der Waals surface area contributed by atoms with Crippen LogP contribution in [-0.4, -0.2) is 19.5 Å². The number of non-ortho nitro benzene ring substituents is 1. The van der Waals surface area contributed by atoms with E-state index in [4.69, 9.17) is 0 Å². The number of nitro benzene ring substituents is 1. The summed E-state index contributed by atoms with van der Waals surface area (Å²) in [5.41, 5.74) is 2.18. The molecule has 0 bridgehead atoms. The lowest BCUT2D eigenvalue weighted by atomic mass is 10.1. The molecule has 2 heterocycles. The van der Waals surface area contributed by atoms with Crippen LogP contribution in [0, 0.1) is 17.0 Å². The van der Waals surface area contributed by atoms with E-state index in [2.05, 4.69) is 10.2 Å². The van der Waals surface area contributed by atoms with Crippen molar-refractivity contribution in [1.82, 2.24) is 14.6 Å². The van der Waals surface area contributed by atoms with Gasteiger partial charge in [0, 0.05) is 17.7 Å². The summed E-state index contributed by atoms with van der Waals surface area (Å²) in [7, 11) is 0. The molecule has 0 spiro atoms. The SMILES string of the molecule is Cc1ccccc1-c1nnc2s/c(=C/c3cccc([N+](=O)[O-])c3)c(=O)n12. The Morgan fingerprint density at radius 2 is 1.96 bits per heavy atom. The lowest BCUT2D eigenvalue weighted by Gasteiger charge is -2.00. The summed E-state index contributed by atoms with van der Waals surface area (Å²) >= 11 is 1.21. The quantitative estimate of drug-likeness (QED) is 0.412. The molecule has 0 aliphatic carbocycles. The van der Waals surface area contributed by atoms with Gasteiger partial charge < -0.3 is 0 Å². The highest BCUT2D eigenvalue weighted by Crippen LogP contribution is 2.21. The van der Waals surface area contributed by atoms with Gasteiger partial charge in [-0.15, -0.1) is 10.2 Å². The van der Waals surface area contributed by atoms with Crippen molar-refractivity contribution in [3.05, 3.63) is 84.7 Å². The van der Waals surface area contributed by atoms with E-state index >= 15 is 0 Å². The Morgan fingerprint density at radius 3 is 2.73 bits per heavy atom. The minimum absolute atomic E-state index is 0.0187. The van der Waals surface area contributed by atoms with Crippen molar-refractivity contribution in [3.8, 4) is 11.4 Å². The third kappa shape index (κ3) is 2.66. The first-order valence-electron chi connectivity index (χ1n) is 7.75. The summed E-state index contributed by atoms with van der Waals surface area (Å²) in [4.78, 5) is 23.8. The number of nitro groups is 1. The second kappa shape index (κ2) is 6.16. The number of rotatable bonds is 3. The van der Waals surface area contributed by atoms with E-state index in [1.807, 2.05) is 31.2 Å². The van der Waals surface area contributed by atoms with Crippen LogP contribution in [0.25, 0.3) is 22.4 Å². The molecule has 2 aromatic carbocycles. The number of hydrogen-bond acceptors (Lipinski definition) is 6. The van der Waals surface area contributed by atoms with E-state index in [0.717, 1.165) is 11.1 Å². The van der Waals surface area contributed by atoms with Crippen LogP contribution >= 0.6 is 11.3 Å². The van der Waals surface area contributed by atoms with Crippen LogP contribution in [0.2, 0.25) is 0 Å². The number of hydrogen-bond donors (Lipinski definition) is 0. The first-order valence-corrected chi connectivity index (χ1v) is 8.56. The maximum atomic E-state index is 12.8. The smallest absolute Gasteiger partial charge is 0.267 e. The molecule has 2 aromatic heterocycles. The molecule has 0 unspecified atom stereocenters. The summed E-state index contributed by atoms with van der Waals surface area (Å²) in [6, 6.07) is 13.8. The Bertz CT molecular complexity index is 1260. The Labute approximate surface area is 151 Å². The number of aromatic nitrogens is 3. The standard InChI is InChI=1S/C18H12N4O3S/c1-11-5-2-3-8-14(11)16-19-20-18-21(16)17(23)15(26-18)10-12-6-4-7-13(9-12)22(24)25/h2-10H,1H3/b15-10+. The molecule has 26 heavy (non-hydrogen) atoms. The van der Waals surface area contributed by atoms with Crippen molar-refractivity contribution in [2.24, 2.45) is 0 Å². The molecule has 0 amide bonds. The summed E-state index contributed by atoms with van der Waals surface area (Å²) in [5.74, 6) is 0.498. The molecular formula is C18H12N4O3S. The van der Waals surface area contributed by atoms with Gasteiger partial charge in [0.05, 0.1) is 9.46 Å². The van der Waals surface area contributed by atoms with Crippen LogP contribution in [0.3, 0.4) is 0 Å². The fraction of sp³-hybridized carbons (Fsp3) is 0.0556. The van der Waals surface area contributed by atoms with Gasteiger partial charge in [-0.05, 0) is 24.1 Å². The van der Waals surface area contributed by atoms with E-state index in [1.165, 1.54) is 27.9 Å². The number of aryl methyl sites for hydroxylation is 1. The van der Waals surface area contributed by atoms with Gasteiger partial charge in [0.2, 0.25) is 4.96 Å². The maximum Gasteiger partial charge on any atom is 0.276 e. The van der Waals surface area contributed by atoms with Crippen molar-refractivity contribution in [3.63, 3.8) is 0 Å². The molecule has 0 aliphatic rings. The van der Waals surface area contributed by atoms with Gasteiger partial charge in [0.25, 0.3) is 11.2 Å². The van der Waals surface area contributed by atoms with E-state index in [1.54, 1.807) is 18.2 Å². The Balaban J connectivity index is 1.90. The van der Waals surface area contributed by atoms with Crippen molar-refractivity contribution in [1.29, 1.82) is 0 Å². The average Bonchev–Trinajstić information content (AvgIpc) is 3.17. The number of thiazole rings is 1. The highest BCUT2D eigenvalue weighted by molar-refractivity contribution is 7.15. The molecule has 4 rings (SSSR count). The zero-order valence-electron chi connectivity index (χ0n) is 13.6. The zero-order chi connectivity index (χ0) is 18.3. The third-order valence-electron chi connectivity index (χ3n) is 4.01. The van der Waals surface area contributed by atoms with Crippen LogP contribution < -0.4 is 10.1 Å². The Hall–Kier alpha value is -3.39. The lowest BCUT2D eigenvalue weighted by molar-refractivity contribution is -0.384. The topological polar surface area (TPSA) is 90.4 Å². The average molecular weight is 364 g/mol. The van der Waals surface area contributed by atoms with Crippen molar-refractivity contribution in [2.75, 3.05) is 0 Å². The van der Waals surface area contributed by atoms with Gasteiger partial charge >= 0.3 is 0 Å².